The summed E-state index contributed by atoms with van der Waals surface area (Å²) in [6.07, 6.45) is 3.10. The first-order valence-electron chi connectivity index (χ1n) is 10.6. The minimum atomic E-state index is -3.95. The number of methoxy groups -OCH3 is 2. The van der Waals surface area contributed by atoms with Crippen molar-refractivity contribution in [2.75, 3.05) is 46.9 Å². The van der Waals surface area contributed by atoms with Crippen LogP contribution in [0.2, 0.25) is 0 Å². The van der Waals surface area contributed by atoms with E-state index in [-0.39, 0.29) is 30.6 Å². The van der Waals surface area contributed by atoms with E-state index in [0.29, 0.717) is 24.8 Å². The number of carbonyl (C=O) groups excluding carboxylic acids is 2. The molecule has 1 saturated heterocycles. The molecule has 1 aromatic rings. The first-order chi connectivity index (χ1) is 14.8. The van der Waals surface area contributed by atoms with E-state index in [4.69, 9.17) is 9.47 Å². The number of esters is 1. The molecule has 0 bridgehead atoms. The Morgan fingerprint density at radius 2 is 1.81 bits per heavy atom. The summed E-state index contributed by atoms with van der Waals surface area (Å²) in [4.78, 5) is 29.1. The Hall–Kier alpha value is -2.33. The maximum absolute atomic E-state index is 13.2. The number of hydrogen-bond donors (Lipinski definition) is 0. The van der Waals surface area contributed by atoms with E-state index in [9.17, 15) is 18.0 Å². The van der Waals surface area contributed by atoms with Crippen LogP contribution in [0.4, 0.5) is 4.79 Å². The molecule has 1 heterocycles. The van der Waals surface area contributed by atoms with Crippen molar-refractivity contribution < 1.29 is 27.5 Å². The van der Waals surface area contributed by atoms with Gasteiger partial charge in [0.25, 0.3) is 0 Å². The van der Waals surface area contributed by atoms with Gasteiger partial charge in [0, 0.05) is 32.7 Å². The molecular weight excluding hydrogens is 422 g/mol. The normalized spacial score (nSPS) is 19.7. The Morgan fingerprint density at radius 3 is 2.35 bits per heavy atom. The fourth-order valence-corrected chi connectivity index (χ4v) is 5.35. The van der Waals surface area contributed by atoms with Crippen molar-refractivity contribution in [3.8, 4) is 5.75 Å². The highest BCUT2D eigenvalue weighted by Gasteiger charge is 2.43. The molecule has 1 saturated carbocycles. The molecule has 1 unspecified atom stereocenters. The predicted molar refractivity (Wildman–Crippen MR) is 114 cm³/mol. The molecular formula is C21H31N3O6S. The molecule has 10 heteroatoms. The van der Waals surface area contributed by atoms with Gasteiger partial charge in [-0.05, 0) is 49.4 Å². The van der Waals surface area contributed by atoms with Crippen molar-refractivity contribution in [3.63, 3.8) is 0 Å². The lowest BCUT2D eigenvalue weighted by Crippen LogP contribution is -2.61. The number of amides is 2. The summed E-state index contributed by atoms with van der Waals surface area (Å²) in [5.74, 6) is 0.396. The highest BCUT2D eigenvalue weighted by atomic mass is 32.2. The highest BCUT2D eigenvalue weighted by molar-refractivity contribution is 7.89. The summed E-state index contributed by atoms with van der Waals surface area (Å²) in [6.45, 7) is 3.56. The van der Waals surface area contributed by atoms with Crippen LogP contribution in [0, 0.1) is 5.92 Å². The maximum Gasteiger partial charge on any atom is 0.326 e. The topological polar surface area (TPSA) is 96.5 Å². The van der Waals surface area contributed by atoms with Crippen LogP contribution in [-0.4, -0.2) is 87.5 Å². The average molecular weight is 454 g/mol. The van der Waals surface area contributed by atoms with E-state index < -0.39 is 22.0 Å². The van der Waals surface area contributed by atoms with Crippen molar-refractivity contribution in [2.24, 2.45) is 5.92 Å². The molecule has 3 rings (SSSR count). The van der Waals surface area contributed by atoms with Crippen molar-refractivity contribution >= 4 is 22.0 Å². The number of piperazine rings is 1. The number of nitrogens with zero attached hydrogens (tertiary/aromatic N) is 3. The minimum Gasteiger partial charge on any atom is -0.497 e. The van der Waals surface area contributed by atoms with E-state index in [1.807, 2.05) is 11.8 Å². The minimum absolute atomic E-state index is 0.0171. The monoisotopic (exact) mass is 453 g/mol. The van der Waals surface area contributed by atoms with Crippen LogP contribution in [0.1, 0.15) is 26.2 Å². The van der Waals surface area contributed by atoms with E-state index in [2.05, 4.69) is 0 Å². The zero-order valence-corrected chi connectivity index (χ0v) is 19.1. The standard InChI is InChI=1S/C21H31N3O6S/c1-4-11-22(14-16-5-6-16)21(26)23-12-13-24(19(15-23)20(25)30-3)31(27,28)18-9-7-17(29-2)8-10-18/h7-10,16,19H,4-6,11-15H2,1-3H3. The Balaban J connectivity index is 1.80. The van der Waals surface area contributed by atoms with Crippen LogP contribution in [-0.2, 0) is 19.6 Å². The highest BCUT2D eigenvalue weighted by Crippen LogP contribution is 2.30. The average Bonchev–Trinajstić information content (AvgIpc) is 3.61. The number of hydrogen-bond acceptors (Lipinski definition) is 6. The van der Waals surface area contributed by atoms with Gasteiger partial charge in [-0.15, -0.1) is 0 Å². The summed E-state index contributed by atoms with van der Waals surface area (Å²) >= 11 is 0. The van der Waals surface area contributed by atoms with Crippen LogP contribution in [0.25, 0.3) is 0 Å². The van der Waals surface area contributed by atoms with Gasteiger partial charge in [-0.2, -0.15) is 4.31 Å². The molecule has 1 aliphatic carbocycles. The fourth-order valence-electron chi connectivity index (χ4n) is 3.79. The number of sulfonamides is 1. The van der Waals surface area contributed by atoms with Gasteiger partial charge in [-0.1, -0.05) is 6.92 Å². The molecule has 9 nitrogen and oxygen atoms in total. The molecule has 0 aromatic heterocycles. The Morgan fingerprint density at radius 1 is 1.13 bits per heavy atom. The van der Waals surface area contributed by atoms with Gasteiger partial charge in [0.05, 0.1) is 19.1 Å². The SMILES string of the molecule is CCCN(CC1CC1)C(=O)N1CCN(S(=O)(=O)c2ccc(OC)cc2)C(C(=O)OC)C1. The summed E-state index contributed by atoms with van der Waals surface area (Å²) in [5.41, 5.74) is 0. The van der Waals surface area contributed by atoms with Gasteiger partial charge < -0.3 is 19.3 Å². The first-order valence-corrected chi connectivity index (χ1v) is 12.0. The van der Waals surface area contributed by atoms with Gasteiger partial charge in [-0.25, -0.2) is 13.2 Å². The molecule has 172 valence electrons. The van der Waals surface area contributed by atoms with Gasteiger partial charge in [0.2, 0.25) is 10.0 Å². The molecule has 1 aliphatic heterocycles. The van der Waals surface area contributed by atoms with Crippen LogP contribution < -0.4 is 4.74 Å². The van der Waals surface area contributed by atoms with Crippen molar-refractivity contribution in [2.45, 2.75) is 37.1 Å². The summed E-state index contributed by atoms with van der Waals surface area (Å²) in [7, 11) is -1.24. The Kier molecular flexibility index (Phi) is 7.42. The fraction of sp³-hybridized carbons (Fsp3) is 0.619. The summed E-state index contributed by atoms with van der Waals surface area (Å²) in [6, 6.07) is 4.75. The van der Waals surface area contributed by atoms with E-state index in [1.54, 1.807) is 17.0 Å². The van der Waals surface area contributed by atoms with Gasteiger partial charge in [0.15, 0.2) is 0 Å². The Bertz CT molecular complexity index is 885. The second-order valence-electron chi connectivity index (χ2n) is 7.95. The number of carbonyl (C=O) groups is 2. The molecule has 31 heavy (non-hydrogen) atoms. The smallest absolute Gasteiger partial charge is 0.326 e. The van der Waals surface area contributed by atoms with E-state index in [0.717, 1.165) is 23.6 Å². The predicted octanol–water partition coefficient (Wildman–Crippen LogP) is 1.79. The third-order valence-electron chi connectivity index (χ3n) is 5.68. The van der Waals surface area contributed by atoms with Crippen molar-refractivity contribution in [1.82, 2.24) is 14.1 Å². The number of urea groups is 1. The zero-order chi connectivity index (χ0) is 22.6. The summed E-state index contributed by atoms with van der Waals surface area (Å²) in [5, 5.41) is 0. The van der Waals surface area contributed by atoms with Crippen LogP contribution in [0.5, 0.6) is 5.75 Å². The van der Waals surface area contributed by atoms with Crippen LogP contribution in [0.3, 0.4) is 0 Å². The van der Waals surface area contributed by atoms with Gasteiger partial charge in [-0.3, -0.25) is 4.79 Å². The van der Waals surface area contributed by atoms with Gasteiger partial charge in [0.1, 0.15) is 11.8 Å². The summed E-state index contributed by atoms with van der Waals surface area (Å²) < 4.78 is 37.6. The second kappa shape index (κ2) is 9.86. The van der Waals surface area contributed by atoms with E-state index in [1.165, 1.54) is 26.4 Å². The van der Waals surface area contributed by atoms with Gasteiger partial charge >= 0.3 is 12.0 Å². The third-order valence-corrected chi connectivity index (χ3v) is 7.60. The molecule has 0 radical (unpaired) electrons. The molecule has 2 aliphatic rings. The van der Waals surface area contributed by atoms with Crippen molar-refractivity contribution in [1.29, 1.82) is 0 Å². The van der Waals surface area contributed by atoms with E-state index >= 15 is 0 Å². The first kappa shape index (κ1) is 23.3. The molecule has 1 aromatic carbocycles. The largest absolute Gasteiger partial charge is 0.497 e. The molecule has 2 amide bonds. The lowest BCUT2D eigenvalue weighted by Gasteiger charge is -2.40. The van der Waals surface area contributed by atoms with Crippen LogP contribution in [0.15, 0.2) is 29.2 Å². The Labute approximate surface area is 183 Å². The number of ether oxygens (including phenoxy) is 2. The molecule has 1 atom stereocenters. The lowest BCUT2D eigenvalue weighted by molar-refractivity contribution is -0.146. The lowest BCUT2D eigenvalue weighted by atomic mass is 10.2. The molecule has 0 N–H and O–H groups in total. The quantitative estimate of drug-likeness (QED) is 0.557. The second-order valence-corrected chi connectivity index (χ2v) is 9.84. The number of benzene rings is 1. The van der Waals surface area contributed by atoms with Crippen LogP contribution >= 0.6 is 0 Å². The zero-order valence-electron chi connectivity index (χ0n) is 18.3. The molecule has 2 fully saturated rings. The maximum atomic E-state index is 13.2. The third kappa shape index (κ3) is 5.30. The van der Waals surface area contributed by atoms with Crippen molar-refractivity contribution in [3.05, 3.63) is 24.3 Å². The molecule has 0 spiro atoms. The number of rotatable bonds is 8.